The maximum absolute atomic E-state index is 11.8. The second kappa shape index (κ2) is 36.9. The number of benzene rings is 1. The molecule has 1 saturated heterocycles. The summed E-state index contributed by atoms with van der Waals surface area (Å²) >= 11 is 6.83. The van der Waals surface area contributed by atoms with E-state index in [9.17, 15) is 19.2 Å². The highest BCUT2D eigenvalue weighted by Crippen LogP contribution is 2.41. The van der Waals surface area contributed by atoms with Crippen LogP contribution in [0.4, 0.5) is 0 Å². The van der Waals surface area contributed by atoms with Gasteiger partial charge in [-0.25, -0.2) is 0 Å². The molecule has 2 unspecified atom stereocenters. The molecule has 3 fully saturated rings. The molecule has 1 heterocycles. The number of nitrogens with two attached hydrogens (primary N) is 2. The number of halogens is 1. The van der Waals surface area contributed by atoms with Gasteiger partial charge in [-0.05, 0) is 76.5 Å². The van der Waals surface area contributed by atoms with Crippen molar-refractivity contribution < 1.29 is 29.1 Å². The van der Waals surface area contributed by atoms with Gasteiger partial charge in [0.25, 0.3) is 0 Å². The Kier molecular flexibility index (Phi) is 40.8. The number of amides is 2. The van der Waals surface area contributed by atoms with Crippen LogP contribution < -0.4 is 16.8 Å². The molecule has 0 spiro atoms. The number of aliphatic carboxylic acids is 1. The van der Waals surface area contributed by atoms with Gasteiger partial charge in [0.1, 0.15) is 12.3 Å². The summed E-state index contributed by atoms with van der Waals surface area (Å²) in [5, 5.41) is 11.2. The number of terminal acetylenes is 2. The Morgan fingerprint density at radius 1 is 1.10 bits per heavy atom. The first-order valence-electron chi connectivity index (χ1n) is 17.0. The van der Waals surface area contributed by atoms with Crippen LogP contribution in [0.1, 0.15) is 85.6 Å². The van der Waals surface area contributed by atoms with Crippen LogP contribution in [0, 0.1) is 50.4 Å². The first kappa shape index (κ1) is 57.5. The highest BCUT2D eigenvalue weighted by molar-refractivity contribution is 8.04. The van der Waals surface area contributed by atoms with Crippen LogP contribution in [0.3, 0.4) is 0 Å². The second-order valence-corrected chi connectivity index (χ2v) is 13.0. The molecule has 2 saturated carbocycles. The first-order valence-corrected chi connectivity index (χ1v) is 18.3. The molecule has 3 aliphatic rings. The van der Waals surface area contributed by atoms with Crippen molar-refractivity contribution in [3.63, 3.8) is 0 Å². The molecule has 12 heteroatoms. The van der Waals surface area contributed by atoms with Crippen LogP contribution in [0.5, 0.6) is 0 Å². The Morgan fingerprint density at radius 3 is 1.92 bits per heavy atom. The van der Waals surface area contributed by atoms with Gasteiger partial charge in [0.15, 0.2) is 6.29 Å². The van der Waals surface area contributed by atoms with Crippen molar-refractivity contribution in [2.75, 3.05) is 20.1 Å². The van der Waals surface area contributed by atoms with Crippen LogP contribution in [-0.2, 0) is 24.0 Å². The van der Waals surface area contributed by atoms with Gasteiger partial charge in [-0.1, -0.05) is 82.3 Å². The van der Waals surface area contributed by atoms with E-state index in [2.05, 4.69) is 71.0 Å². The number of hydrogen-bond donors (Lipinski definition) is 4. The number of aryl methyl sites for hydroxylation is 1. The maximum atomic E-state index is 11.8. The van der Waals surface area contributed by atoms with Crippen molar-refractivity contribution in [1.82, 2.24) is 10.2 Å². The summed E-state index contributed by atoms with van der Waals surface area (Å²) < 4.78 is 0. The molecular formula is C40H65ClN4O6S. The first-order chi connectivity index (χ1) is 24.8. The minimum absolute atomic E-state index is 0.0185. The molecule has 1 aliphatic heterocycles. The zero-order valence-corrected chi connectivity index (χ0v) is 34.2. The number of carboxylic acid groups (broad SMARTS) is 1. The molecular weight excluding hydrogens is 700 g/mol. The van der Waals surface area contributed by atoms with Crippen molar-refractivity contribution in [3.8, 4) is 25.7 Å². The Hall–Kier alpha value is -3.87. The number of rotatable bonds is 9. The fourth-order valence-electron chi connectivity index (χ4n) is 3.95. The van der Waals surface area contributed by atoms with E-state index in [1.165, 1.54) is 37.2 Å². The minimum Gasteiger partial charge on any atom is -0.480 e. The lowest BCUT2D eigenvalue weighted by Crippen LogP contribution is -2.41. The smallest absolute Gasteiger partial charge is 0.324 e. The third-order valence-electron chi connectivity index (χ3n) is 6.77. The van der Waals surface area contributed by atoms with Crippen molar-refractivity contribution >= 4 is 54.2 Å². The van der Waals surface area contributed by atoms with E-state index in [0.29, 0.717) is 29.7 Å². The SMILES string of the molecule is C#C.C#C.C=CC1CC1(N)C(=O)O.C=O.CC.CC(C)C.CN.C[C@@H]1CCCN1C(=O)CNC(=O)CC1CC1.Cc1ccccc1S/C(C=O)=C/Cl. The van der Waals surface area contributed by atoms with Crippen LogP contribution in [0.25, 0.3) is 0 Å². The van der Waals surface area contributed by atoms with Gasteiger partial charge < -0.3 is 31.6 Å². The van der Waals surface area contributed by atoms with Crippen LogP contribution in [0.15, 0.2) is 52.3 Å². The molecule has 0 bridgehead atoms. The number of likely N-dealkylation sites (tertiary alicyclic amines) is 1. The lowest BCUT2D eigenvalue weighted by molar-refractivity contribution is -0.140. The average Bonchev–Trinajstić information content (AvgIpc) is 4.07. The zero-order valence-electron chi connectivity index (χ0n) is 32.6. The highest BCUT2D eigenvalue weighted by Gasteiger charge is 2.55. The fourth-order valence-corrected chi connectivity index (χ4v) is 4.86. The molecule has 1 aromatic rings. The Balaban J connectivity index is -0.000000184. The quantitative estimate of drug-likeness (QED) is 0.0691. The van der Waals surface area contributed by atoms with Gasteiger partial charge in [0, 0.05) is 35.4 Å². The third-order valence-corrected chi connectivity index (χ3v) is 8.26. The van der Waals surface area contributed by atoms with E-state index in [-0.39, 0.29) is 24.3 Å². The predicted octanol–water partition coefficient (Wildman–Crippen LogP) is 6.83. The minimum atomic E-state index is -0.984. The van der Waals surface area contributed by atoms with E-state index in [1.807, 2.05) is 56.7 Å². The van der Waals surface area contributed by atoms with Gasteiger partial charge in [-0.2, -0.15) is 0 Å². The molecule has 0 radical (unpaired) electrons. The van der Waals surface area contributed by atoms with Crippen molar-refractivity contribution in [3.05, 3.63) is 52.9 Å². The number of carbonyl (C=O) groups is 5. The van der Waals surface area contributed by atoms with Crippen LogP contribution >= 0.6 is 23.4 Å². The lowest BCUT2D eigenvalue weighted by Gasteiger charge is -2.21. The monoisotopic (exact) mass is 764 g/mol. The van der Waals surface area contributed by atoms with Crippen LogP contribution in [0.2, 0.25) is 0 Å². The average molecular weight is 766 g/mol. The maximum Gasteiger partial charge on any atom is 0.324 e. The standard InChI is InChI=1S/C12H20N2O2.C10H9ClOS.C6H9NO2.C4H10.C2H6.2C2H2.CH5N.CH2O/c1-9-3-2-6-14(9)12(16)8-13-11(15)7-10-4-5-10;1-8-4-2-3-5-10(8)13-9(6-11)7-12;1-2-4-3-6(4,7)5(8)9;1-4(2)3;5*1-2/h9-10H,2-8H2,1H3,(H,13,15);2-7H,1H3;2,4H,1,3,7H2,(H,8,9);4H,1-3H3;1-2H3;2*1-2H;2H2,1H3;1H2/b;9-6+;;;;;;;/t9-;;;;;;;;/m1......../s1. The second-order valence-electron chi connectivity index (χ2n) is 11.6. The van der Waals surface area contributed by atoms with Gasteiger partial charge >= 0.3 is 5.97 Å². The largest absolute Gasteiger partial charge is 0.480 e. The van der Waals surface area contributed by atoms with Gasteiger partial charge in [-0.3, -0.25) is 19.2 Å². The number of hydrogen-bond acceptors (Lipinski definition) is 8. The van der Waals surface area contributed by atoms with E-state index in [4.69, 9.17) is 27.2 Å². The number of carbonyl (C=O) groups excluding carboxylic acids is 4. The Labute approximate surface area is 324 Å². The van der Waals surface area contributed by atoms with E-state index in [1.54, 1.807) is 6.08 Å². The number of carboxylic acids is 1. The summed E-state index contributed by atoms with van der Waals surface area (Å²) in [6, 6.07) is 8.20. The van der Waals surface area contributed by atoms with E-state index in [0.717, 1.165) is 42.0 Å². The summed E-state index contributed by atoms with van der Waals surface area (Å²) in [4.78, 5) is 55.4. The van der Waals surface area contributed by atoms with E-state index >= 15 is 0 Å². The fraction of sp³-hybridized carbons (Fsp3) is 0.525. The number of allylic oxidation sites excluding steroid dienone is 1. The number of nitrogens with zero attached hydrogens (tertiary/aromatic N) is 1. The Morgan fingerprint density at radius 2 is 1.60 bits per heavy atom. The van der Waals surface area contributed by atoms with Gasteiger partial charge in [-0.15, -0.1) is 32.3 Å². The molecule has 1 aromatic carbocycles. The van der Waals surface area contributed by atoms with Crippen molar-refractivity contribution in [1.29, 1.82) is 0 Å². The third kappa shape index (κ3) is 27.8. The molecule has 52 heavy (non-hydrogen) atoms. The molecule has 10 nitrogen and oxygen atoms in total. The highest BCUT2D eigenvalue weighted by atomic mass is 35.5. The van der Waals surface area contributed by atoms with Gasteiger partial charge in [0.05, 0.1) is 11.4 Å². The number of nitrogens with one attached hydrogen (secondary N) is 1. The molecule has 2 amide bonds. The van der Waals surface area contributed by atoms with Crippen LogP contribution in [-0.4, -0.2) is 72.6 Å². The summed E-state index contributed by atoms with van der Waals surface area (Å²) in [7, 11) is 1.50. The molecule has 294 valence electrons. The molecule has 4 rings (SSSR count). The summed E-state index contributed by atoms with van der Waals surface area (Å²) in [5.74, 6) is 0.569. The summed E-state index contributed by atoms with van der Waals surface area (Å²) in [6.07, 6.45) is 24.0. The zero-order chi connectivity index (χ0) is 41.9. The predicted molar refractivity (Wildman–Crippen MR) is 220 cm³/mol. The number of aldehydes is 1. The normalized spacial score (nSPS) is 18.4. The molecule has 3 atom stereocenters. The lowest BCUT2D eigenvalue weighted by atomic mass is 10.2. The van der Waals surface area contributed by atoms with Gasteiger partial charge in [0.2, 0.25) is 11.8 Å². The van der Waals surface area contributed by atoms with E-state index < -0.39 is 11.5 Å². The topological polar surface area (TPSA) is 173 Å². The summed E-state index contributed by atoms with van der Waals surface area (Å²) in [6.45, 7) is 21.0. The van der Waals surface area contributed by atoms with Crippen molar-refractivity contribution in [2.24, 2.45) is 29.2 Å². The van der Waals surface area contributed by atoms with Crippen molar-refractivity contribution in [2.45, 2.75) is 103 Å². The molecule has 2 aliphatic carbocycles. The Bertz CT molecular complexity index is 1190. The summed E-state index contributed by atoms with van der Waals surface area (Å²) in [5.41, 5.74) is 11.3. The number of thioether (sulfide) groups is 1. The molecule has 6 N–H and O–H groups in total. The molecule has 0 aromatic heterocycles.